The standard InChI is InChI=1S/C25H30N8OS/c1-17(2)13-14-33-22(15-34-19-10-5-4-6-11-19)31-32-25(33)35-16-21-28-23(26)30-24(29-21)27-20-12-8-7-9-18(20)3/h4-12,17H,13-16H2,1-3H3,(H3,26,27,28,29,30). The molecule has 0 aliphatic carbocycles. The second-order valence-electron chi connectivity index (χ2n) is 8.50. The largest absolute Gasteiger partial charge is 0.486 e. The second-order valence-corrected chi connectivity index (χ2v) is 9.44. The maximum absolute atomic E-state index is 5.97. The number of aryl methyl sites for hydroxylation is 1. The Bertz CT molecular complexity index is 1250. The molecule has 0 saturated carbocycles. The highest BCUT2D eigenvalue weighted by atomic mass is 32.2. The topological polar surface area (TPSA) is 117 Å². The molecule has 0 unspecified atom stereocenters. The number of para-hydroxylation sites is 2. The van der Waals surface area contributed by atoms with Gasteiger partial charge in [0.15, 0.2) is 11.0 Å². The van der Waals surface area contributed by atoms with E-state index in [9.17, 15) is 0 Å². The number of nitrogens with two attached hydrogens (primary N) is 1. The molecule has 0 saturated heterocycles. The van der Waals surface area contributed by atoms with Gasteiger partial charge in [0.25, 0.3) is 0 Å². The lowest BCUT2D eigenvalue weighted by atomic mass is 10.1. The number of aromatic nitrogens is 6. The van der Waals surface area contributed by atoms with Gasteiger partial charge in [-0.3, -0.25) is 0 Å². The summed E-state index contributed by atoms with van der Waals surface area (Å²) in [5, 5.41) is 12.8. The van der Waals surface area contributed by atoms with Crippen LogP contribution in [-0.4, -0.2) is 29.7 Å². The molecule has 4 rings (SSSR count). The summed E-state index contributed by atoms with van der Waals surface area (Å²) < 4.78 is 8.04. The zero-order valence-corrected chi connectivity index (χ0v) is 21.0. The van der Waals surface area contributed by atoms with Crippen LogP contribution in [0, 0.1) is 12.8 Å². The van der Waals surface area contributed by atoms with Crippen LogP contribution in [0.3, 0.4) is 0 Å². The highest BCUT2D eigenvalue weighted by Gasteiger charge is 2.15. The Labute approximate surface area is 209 Å². The molecule has 0 aliphatic heterocycles. The zero-order chi connectivity index (χ0) is 24.6. The molecule has 0 spiro atoms. The number of rotatable bonds is 11. The lowest BCUT2D eigenvalue weighted by Gasteiger charge is -2.12. The van der Waals surface area contributed by atoms with Crippen LogP contribution in [0.2, 0.25) is 0 Å². The van der Waals surface area contributed by atoms with Gasteiger partial charge in [-0.1, -0.05) is 62.0 Å². The van der Waals surface area contributed by atoms with Crippen molar-refractivity contribution in [3.05, 3.63) is 71.8 Å². The summed E-state index contributed by atoms with van der Waals surface area (Å²) in [6, 6.07) is 17.6. The van der Waals surface area contributed by atoms with Gasteiger partial charge in [0.1, 0.15) is 18.2 Å². The molecule has 182 valence electrons. The molecule has 2 heterocycles. The molecular formula is C25H30N8OS. The van der Waals surface area contributed by atoms with Crippen molar-refractivity contribution in [1.82, 2.24) is 29.7 Å². The summed E-state index contributed by atoms with van der Waals surface area (Å²) in [7, 11) is 0. The molecule has 0 fully saturated rings. The van der Waals surface area contributed by atoms with Crippen LogP contribution in [0.15, 0.2) is 59.8 Å². The molecule has 9 nitrogen and oxygen atoms in total. The molecule has 2 aromatic carbocycles. The van der Waals surface area contributed by atoms with E-state index in [2.05, 4.69) is 48.9 Å². The van der Waals surface area contributed by atoms with Gasteiger partial charge in [0, 0.05) is 12.2 Å². The van der Waals surface area contributed by atoms with Gasteiger partial charge in [-0.15, -0.1) is 10.2 Å². The third-order valence-electron chi connectivity index (χ3n) is 5.26. The lowest BCUT2D eigenvalue weighted by Crippen LogP contribution is -2.10. The van der Waals surface area contributed by atoms with Gasteiger partial charge < -0.3 is 20.4 Å². The predicted octanol–water partition coefficient (Wildman–Crippen LogP) is 5.01. The molecule has 0 amide bonds. The number of ether oxygens (including phenoxy) is 1. The van der Waals surface area contributed by atoms with Crippen LogP contribution in [0.25, 0.3) is 0 Å². The first-order valence-corrected chi connectivity index (χ1v) is 12.5. The van der Waals surface area contributed by atoms with E-state index in [1.165, 1.54) is 11.8 Å². The van der Waals surface area contributed by atoms with Crippen LogP contribution in [-0.2, 0) is 18.9 Å². The first-order valence-electron chi connectivity index (χ1n) is 11.5. The number of hydrogen-bond donors (Lipinski definition) is 2. The Morgan fingerprint density at radius 2 is 1.77 bits per heavy atom. The van der Waals surface area contributed by atoms with E-state index in [0.717, 1.165) is 40.9 Å². The Morgan fingerprint density at radius 1 is 1.00 bits per heavy atom. The van der Waals surface area contributed by atoms with Crippen LogP contribution >= 0.6 is 11.8 Å². The van der Waals surface area contributed by atoms with Gasteiger partial charge in [-0.25, -0.2) is 0 Å². The van der Waals surface area contributed by atoms with Crippen LogP contribution in [0.4, 0.5) is 17.6 Å². The normalized spacial score (nSPS) is 11.1. The van der Waals surface area contributed by atoms with E-state index >= 15 is 0 Å². The number of nitrogens with one attached hydrogen (secondary N) is 1. The molecular weight excluding hydrogens is 460 g/mol. The highest BCUT2D eigenvalue weighted by molar-refractivity contribution is 7.98. The smallest absolute Gasteiger partial charge is 0.232 e. The van der Waals surface area contributed by atoms with Crippen LogP contribution in [0.1, 0.15) is 37.5 Å². The Hall–Kier alpha value is -3.66. The first-order chi connectivity index (χ1) is 17.0. The monoisotopic (exact) mass is 490 g/mol. The number of anilines is 3. The van der Waals surface area contributed by atoms with Crippen molar-refractivity contribution < 1.29 is 4.74 Å². The fourth-order valence-corrected chi connectivity index (χ4v) is 4.17. The van der Waals surface area contributed by atoms with E-state index in [0.29, 0.717) is 30.1 Å². The quantitative estimate of drug-likeness (QED) is 0.280. The third kappa shape index (κ3) is 6.92. The van der Waals surface area contributed by atoms with Crippen molar-refractivity contribution >= 4 is 29.3 Å². The molecule has 0 aliphatic rings. The minimum absolute atomic E-state index is 0.171. The van der Waals surface area contributed by atoms with Crippen molar-refractivity contribution in [2.24, 2.45) is 5.92 Å². The first kappa shape index (κ1) is 24.5. The Balaban J connectivity index is 1.47. The SMILES string of the molecule is Cc1ccccc1Nc1nc(N)nc(CSc2nnc(COc3ccccc3)n2CCC(C)C)n1. The fraction of sp³-hybridized carbons (Fsp3) is 0.320. The van der Waals surface area contributed by atoms with E-state index in [4.69, 9.17) is 10.5 Å². The molecule has 4 aromatic rings. The second kappa shape index (κ2) is 11.7. The number of thioether (sulfide) groups is 1. The molecule has 35 heavy (non-hydrogen) atoms. The average Bonchev–Trinajstić information content (AvgIpc) is 3.23. The predicted molar refractivity (Wildman–Crippen MR) is 139 cm³/mol. The Morgan fingerprint density at radius 3 is 2.54 bits per heavy atom. The fourth-order valence-electron chi connectivity index (χ4n) is 3.33. The zero-order valence-electron chi connectivity index (χ0n) is 20.2. The van der Waals surface area contributed by atoms with Gasteiger partial charge >= 0.3 is 0 Å². The lowest BCUT2D eigenvalue weighted by molar-refractivity contribution is 0.285. The minimum atomic E-state index is 0.171. The number of nitrogen functional groups attached to an aromatic ring is 1. The summed E-state index contributed by atoms with van der Waals surface area (Å²) in [6.45, 7) is 7.58. The van der Waals surface area contributed by atoms with Crippen LogP contribution < -0.4 is 15.8 Å². The van der Waals surface area contributed by atoms with E-state index < -0.39 is 0 Å². The number of benzene rings is 2. The van der Waals surface area contributed by atoms with Crippen molar-refractivity contribution in [3.8, 4) is 5.75 Å². The van der Waals surface area contributed by atoms with Gasteiger partial charge in [-0.2, -0.15) is 15.0 Å². The van der Waals surface area contributed by atoms with Gasteiger partial charge in [0.05, 0.1) is 5.75 Å². The van der Waals surface area contributed by atoms with Crippen molar-refractivity contribution in [3.63, 3.8) is 0 Å². The van der Waals surface area contributed by atoms with E-state index in [1.807, 2.05) is 61.5 Å². The average molecular weight is 491 g/mol. The number of nitrogens with zero attached hydrogens (tertiary/aromatic N) is 6. The molecule has 0 atom stereocenters. The van der Waals surface area contributed by atoms with E-state index in [1.54, 1.807) is 0 Å². The maximum Gasteiger partial charge on any atom is 0.232 e. The summed E-state index contributed by atoms with van der Waals surface area (Å²) in [6.07, 6.45) is 1.01. The molecule has 0 bridgehead atoms. The maximum atomic E-state index is 5.97. The summed E-state index contributed by atoms with van der Waals surface area (Å²) in [5.41, 5.74) is 7.98. The highest BCUT2D eigenvalue weighted by Crippen LogP contribution is 2.24. The molecule has 10 heteroatoms. The van der Waals surface area contributed by atoms with Gasteiger partial charge in [-0.05, 0) is 43.0 Å². The summed E-state index contributed by atoms with van der Waals surface area (Å²) >= 11 is 1.52. The minimum Gasteiger partial charge on any atom is -0.486 e. The van der Waals surface area contributed by atoms with E-state index in [-0.39, 0.29) is 5.95 Å². The van der Waals surface area contributed by atoms with Crippen molar-refractivity contribution in [2.75, 3.05) is 11.1 Å². The van der Waals surface area contributed by atoms with Crippen molar-refractivity contribution in [1.29, 1.82) is 0 Å². The molecule has 3 N–H and O–H groups in total. The van der Waals surface area contributed by atoms with Crippen molar-refractivity contribution in [2.45, 2.75) is 51.3 Å². The third-order valence-corrected chi connectivity index (χ3v) is 6.22. The van der Waals surface area contributed by atoms with Gasteiger partial charge in [0.2, 0.25) is 11.9 Å². The molecule has 0 radical (unpaired) electrons. The van der Waals surface area contributed by atoms with Crippen LogP contribution in [0.5, 0.6) is 5.75 Å². The molecule has 2 aromatic heterocycles. The summed E-state index contributed by atoms with van der Waals surface area (Å²) in [4.78, 5) is 13.1. The Kier molecular flexibility index (Phi) is 8.15. The summed E-state index contributed by atoms with van der Waals surface area (Å²) in [5.74, 6) is 3.78. The number of hydrogen-bond acceptors (Lipinski definition) is 9.